The summed E-state index contributed by atoms with van der Waals surface area (Å²) < 4.78 is 10.3. The number of nitrogens with zero attached hydrogens (tertiary/aromatic N) is 2. The van der Waals surface area contributed by atoms with Gasteiger partial charge in [-0.15, -0.1) is 0 Å². The molecule has 1 aliphatic heterocycles. The molecule has 0 atom stereocenters. The highest BCUT2D eigenvalue weighted by Crippen LogP contribution is 2.17. The third-order valence-corrected chi connectivity index (χ3v) is 2.80. The molecule has 20 heavy (non-hydrogen) atoms. The van der Waals surface area contributed by atoms with Gasteiger partial charge < -0.3 is 9.15 Å². The zero-order valence-electron chi connectivity index (χ0n) is 10.7. The first-order valence-corrected chi connectivity index (χ1v) is 6.26. The van der Waals surface area contributed by atoms with E-state index in [9.17, 15) is 4.79 Å². The van der Waals surface area contributed by atoms with Gasteiger partial charge >= 0.3 is 5.97 Å². The van der Waals surface area contributed by atoms with Crippen molar-refractivity contribution in [3.63, 3.8) is 0 Å². The van der Waals surface area contributed by atoms with E-state index in [1.54, 1.807) is 24.6 Å². The minimum absolute atomic E-state index is 0.276. The molecule has 0 bridgehead atoms. The van der Waals surface area contributed by atoms with Crippen LogP contribution >= 0.6 is 0 Å². The van der Waals surface area contributed by atoms with Crippen molar-refractivity contribution in [1.82, 2.24) is 4.98 Å². The molecule has 0 amide bonds. The van der Waals surface area contributed by atoms with E-state index < -0.39 is 5.97 Å². The van der Waals surface area contributed by atoms with Gasteiger partial charge in [-0.1, -0.05) is 6.07 Å². The molecule has 2 aromatic heterocycles. The molecule has 0 aliphatic carbocycles. The van der Waals surface area contributed by atoms with E-state index in [1.165, 1.54) is 0 Å². The summed E-state index contributed by atoms with van der Waals surface area (Å²) in [7, 11) is 0. The summed E-state index contributed by atoms with van der Waals surface area (Å²) in [5.41, 5.74) is 0.952. The molecule has 0 aromatic carbocycles. The Labute approximate surface area is 115 Å². The first-order chi connectivity index (χ1) is 9.81. The van der Waals surface area contributed by atoms with Gasteiger partial charge in [0.05, 0.1) is 12.0 Å². The highest BCUT2D eigenvalue weighted by atomic mass is 16.6. The number of pyridine rings is 1. The number of aryl methyl sites for hydroxylation is 1. The molecule has 5 nitrogen and oxygen atoms in total. The predicted molar refractivity (Wildman–Crippen MR) is 72.8 cm³/mol. The maximum absolute atomic E-state index is 11.7. The zero-order chi connectivity index (χ0) is 13.8. The Kier molecular flexibility index (Phi) is 3.41. The van der Waals surface area contributed by atoms with Crippen LogP contribution in [0.15, 0.2) is 57.9 Å². The topological polar surface area (TPSA) is 64.7 Å². The molecular weight excluding hydrogens is 256 g/mol. The van der Waals surface area contributed by atoms with Crippen LogP contribution in [0.5, 0.6) is 0 Å². The molecule has 0 fully saturated rings. The quantitative estimate of drug-likeness (QED) is 0.631. The molecule has 2 aromatic rings. The van der Waals surface area contributed by atoms with Crippen molar-refractivity contribution >= 4 is 17.9 Å². The van der Waals surface area contributed by atoms with Crippen molar-refractivity contribution < 1.29 is 13.9 Å². The monoisotopic (exact) mass is 268 g/mol. The second-order valence-electron chi connectivity index (χ2n) is 4.26. The molecule has 0 saturated carbocycles. The van der Waals surface area contributed by atoms with Crippen LogP contribution in [-0.2, 0) is 16.0 Å². The maximum Gasteiger partial charge on any atom is 0.363 e. The van der Waals surface area contributed by atoms with E-state index >= 15 is 0 Å². The fraction of sp³-hybridized carbons (Fsp3) is 0.133. The SMILES string of the molecule is O=C1OC(CCc2ccco2)=N/C1=C/c1ccccn1. The van der Waals surface area contributed by atoms with Crippen LogP contribution in [0.4, 0.5) is 0 Å². The summed E-state index contributed by atoms with van der Waals surface area (Å²) in [5.74, 6) is 0.810. The lowest BCUT2D eigenvalue weighted by atomic mass is 10.2. The highest BCUT2D eigenvalue weighted by molar-refractivity contribution is 6.07. The molecular formula is C15H12N2O3. The number of aromatic nitrogens is 1. The minimum Gasteiger partial charge on any atom is -0.469 e. The van der Waals surface area contributed by atoms with Gasteiger partial charge in [-0.25, -0.2) is 9.79 Å². The van der Waals surface area contributed by atoms with E-state index in [4.69, 9.17) is 9.15 Å². The number of furan rings is 1. The van der Waals surface area contributed by atoms with Crippen molar-refractivity contribution in [2.24, 2.45) is 4.99 Å². The van der Waals surface area contributed by atoms with E-state index in [0.29, 0.717) is 24.4 Å². The molecule has 3 heterocycles. The number of hydrogen-bond donors (Lipinski definition) is 0. The number of ether oxygens (including phenoxy) is 1. The Morgan fingerprint density at radius 3 is 2.85 bits per heavy atom. The van der Waals surface area contributed by atoms with Gasteiger partial charge in [0.2, 0.25) is 0 Å². The lowest BCUT2D eigenvalue weighted by molar-refractivity contribution is -0.130. The Balaban J connectivity index is 1.70. The molecule has 0 spiro atoms. The van der Waals surface area contributed by atoms with Gasteiger partial charge in [0.1, 0.15) is 5.76 Å². The van der Waals surface area contributed by atoms with E-state index in [2.05, 4.69) is 9.98 Å². The summed E-state index contributed by atoms with van der Waals surface area (Å²) in [4.78, 5) is 20.0. The lowest BCUT2D eigenvalue weighted by Gasteiger charge is -1.96. The Bertz CT molecular complexity index is 658. The molecule has 100 valence electrons. The standard InChI is InChI=1S/C15H12N2O3/c18-15-13(10-11-4-1-2-8-16-11)17-14(20-15)7-6-12-5-3-9-19-12/h1-5,8-10H,6-7H2/b13-10+. The van der Waals surface area contributed by atoms with Crippen LogP contribution < -0.4 is 0 Å². The third kappa shape index (κ3) is 2.83. The van der Waals surface area contributed by atoms with Gasteiger partial charge in [0.15, 0.2) is 11.6 Å². The van der Waals surface area contributed by atoms with E-state index in [1.807, 2.05) is 24.3 Å². The molecule has 0 unspecified atom stereocenters. The van der Waals surface area contributed by atoms with Crippen molar-refractivity contribution in [2.45, 2.75) is 12.8 Å². The van der Waals surface area contributed by atoms with Gasteiger partial charge in [0.25, 0.3) is 0 Å². The predicted octanol–water partition coefficient (Wildman–Crippen LogP) is 2.60. The second kappa shape index (κ2) is 5.52. The zero-order valence-corrected chi connectivity index (χ0v) is 10.7. The maximum atomic E-state index is 11.7. The fourth-order valence-electron chi connectivity index (χ4n) is 1.85. The fourth-order valence-corrected chi connectivity index (χ4v) is 1.85. The largest absolute Gasteiger partial charge is 0.469 e. The van der Waals surface area contributed by atoms with Crippen LogP contribution in [0.3, 0.4) is 0 Å². The molecule has 0 radical (unpaired) electrons. The minimum atomic E-state index is -0.440. The number of esters is 1. The van der Waals surface area contributed by atoms with Gasteiger partial charge in [-0.05, 0) is 30.3 Å². The first kappa shape index (κ1) is 12.3. The normalized spacial score (nSPS) is 16.3. The Morgan fingerprint density at radius 1 is 1.15 bits per heavy atom. The van der Waals surface area contributed by atoms with Crippen molar-refractivity contribution in [1.29, 1.82) is 0 Å². The third-order valence-electron chi connectivity index (χ3n) is 2.80. The number of carbonyl (C=O) groups excluding carboxylic acids is 1. The molecule has 1 aliphatic rings. The summed E-state index contributed by atoms with van der Waals surface area (Å²) in [5, 5.41) is 0. The van der Waals surface area contributed by atoms with E-state index in [-0.39, 0.29) is 5.70 Å². The van der Waals surface area contributed by atoms with Gasteiger partial charge in [-0.3, -0.25) is 4.98 Å². The number of rotatable bonds is 4. The van der Waals surface area contributed by atoms with Gasteiger partial charge in [0, 0.05) is 19.0 Å². The molecule has 5 heteroatoms. The number of carbonyl (C=O) groups is 1. The molecule has 0 N–H and O–H groups in total. The summed E-state index contributed by atoms with van der Waals surface area (Å²) >= 11 is 0. The van der Waals surface area contributed by atoms with Crippen LogP contribution in [0.25, 0.3) is 6.08 Å². The number of hydrogen-bond acceptors (Lipinski definition) is 5. The molecule has 0 saturated heterocycles. The lowest BCUT2D eigenvalue weighted by Crippen LogP contribution is -2.04. The average Bonchev–Trinajstić information content (AvgIpc) is 3.08. The van der Waals surface area contributed by atoms with Crippen LogP contribution in [0.2, 0.25) is 0 Å². The summed E-state index contributed by atoms with van der Waals surface area (Å²) in [6, 6.07) is 9.16. The Hall–Kier alpha value is -2.69. The first-order valence-electron chi connectivity index (χ1n) is 6.26. The second-order valence-corrected chi connectivity index (χ2v) is 4.26. The van der Waals surface area contributed by atoms with Crippen LogP contribution in [0.1, 0.15) is 17.9 Å². The van der Waals surface area contributed by atoms with Crippen LogP contribution in [0, 0.1) is 0 Å². The van der Waals surface area contributed by atoms with Crippen molar-refractivity contribution in [3.05, 3.63) is 59.9 Å². The molecule has 3 rings (SSSR count). The van der Waals surface area contributed by atoms with Crippen molar-refractivity contribution in [3.8, 4) is 0 Å². The summed E-state index contributed by atoms with van der Waals surface area (Å²) in [6.07, 6.45) is 6.06. The number of cyclic esters (lactones) is 1. The van der Waals surface area contributed by atoms with Crippen LogP contribution in [-0.4, -0.2) is 16.9 Å². The number of aliphatic imine (C=N–C) groups is 1. The Morgan fingerprint density at radius 2 is 2.10 bits per heavy atom. The van der Waals surface area contributed by atoms with Crippen molar-refractivity contribution in [2.75, 3.05) is 0 Å². The van der Waals surface area contributed by atoms with E-state index in [0.717, 1.165) is 5.76 Å². The van der Waals surface area contributed by atoms with Gasteiger partial charge in [-0.2, -0.15) is 0 Å². The highest BCUT2D eigenvalue weighted by Gasteiger charge is 2.22. The smallest absolute Gasteiger partial charge is 0.363 e. The average molecular weight is 268 g/mol. The summed E-state index contributed by atoms with van der Waals surface area (Å²) in [6.45, 7) is 0.